The number of amides is 1. The Morgan fingerprint density at radius 2 is 1.94 bits per heavy atom. The van der Waals surface area contributed by atoms with Crippen LogP contribution in [0.15, 0.2) is 59.8 Å². The van der Waals surface area contributed by atoms with Crippen molar-refractivity contribution in [2.75, 3.05) is 18.8 Å². The monoisotopic (exact) mass is 463 g/mol. The lowest BCUT2D eigenvalue weighted by molar-refractivity contribution is -0.129. The Morgan fingerprint density at radius 3 is 2.78 bits per heavy atom. The second-order valence-electron chi connectivity index (χ2n) is 8.11. The topological polar surface area (TPSA) is 63.9 Å². The lowest BCUT2D eigenvalue weighted by Crippen LogP contribution is -2.40. The van der Waals surface area contributed by atoms with Crippen molar-refractivity contribution in [2.24, 2.45) is 7.05 Å². The van der Waals surface area contributed by atoms with Gasteiger partial charge in [-0.25, -0.2) is 4.98 Å². The average Bonchev–Trinajstić information content (AvgIpc) is 3.42. The zero-order valence-corrected chi connectivity index (χ0v) is 19.6. The van der Waals surface area contributed by atoms with Gasteiger partial charge in [0.1, 0.15) is 5.82 Å². The summed E-state index contributed by atoms with van der Waals surface area (Å²) in [4.78, 5) is 19.8. The molecule has 0 spiro atoms. The van der Waals surface area contributed by atoms with E-state index in [4.69, 9.17) is 4.98 Å². The van der Waals surface area contributed by atoms with E-state index in [-0.39, 0.29) is 5.91 Å². The van der Waals surface area contributed by atoms with Crippen LogP contribution < -0.4 is 0 Å². The number of piperidine rings is 1. The summed E-state index contributed by atoms with van der Waals surface area (Å²) in [6, 6.07) is 18.5. The molecule has 1 aliphatic heterocycles. The first-order valence-corrected chi connectivity index (χ1v) is 12.7. The van der Waals surface area contributed by atoms with Gasteiger partial charge in [0.05, 0.1) is 21.0 Å². The van der Waals surface area contributed by atoms with E-state index in [1.165, 1.54) is 22.0 Å². The van der Waals surface area contributed by atoms with Gasteiger partial charge in [0.25, 0.3) is 0 Å². The summed E-state index contributed by atoms with van der Waals surface area (Å²) in [5, 5.41) is 10.6. The highest BCUT2D eigenvalue weighted by molar-refractivity contribution is 7.99. The summed E-state index contributed by atoms with van der Waals surface area (Å²) >= 11 is 3.22. The minimum Gasteiger partial charge on any atom is -0.341 e. The molecule has 0 bridgehead atoms. The normalized spacial score (nSPS) is 16.5. The number of nitrogens with zero attached hydrogens (tertiary/aromatic N) is 5. The van der Waals surface area contributed by atoms with Crippen LogP contribution in [0.4, 0.5) is 0 Å². The first-order chi connectivity index (χ1) is 15.7. The molecule has 5 rings (SSSR count). The number of benzene rings is 2. The molecule has 32 heavy (non-hydrogen) atoms. The van der Waals surface area contributed by atoms with Crippen LogP contribution in [0.1, 0.15) is 35.2 Å². The number of para-hydroxylation sites is 1. The van der Waals surface area contributed by atoms with E-state index in [1.54, 1.807) is 11.3 Å². The Bertz CT molecular complexity index is 1190. The molecular weight excluding hydrogens is 438 g/mol. The van der Waals surface area contributed by atoms with Gasteiger partial charge in [-0.15, -0.1) is 21.5 Å². The number of thioether (sulfide) groups is 1. The second-order valence-corrected chi connectivity index (χ2v) is 10.1. The van der Waals surface area contributed by atoms with Gasteiger partial charge in [-0.1, -0.05) is 54.2 Å². The van der Waals surface area contributed by atoms with Crippen LogP contribution in [0.3, 0.4) is 0 Å². The summed E-state index contributed by atoms with van der Waals surface area (Å²) in [6.07, 6.45) is 2.83. The van der Waals surface area contributed by atoms with Gasteiger partial charge in [-0.3, -0.25) is 4.79 Å². The van der Waals surface area contributed by atoms with Crippen LogP contribution in [0, 0.1) is 0 Å². The quantitative estimate of drug-likeness (QED) is 0.394. The molecule has 0 N–H and O–H groups in total. The SMILES string of the molecule is Cn1c(Cc2ccccc2)nnc1SCC(=O)N1CCCC(c2nc3ccccc3s2)C1. The Labute approximate surface area is 195 Å². The minimum atomic E-state index is 0.161. The molecule has 1 aliphatic rings. The average molecular weight is 464 g/mol. The van der Waals surface area contributed by atoms with Crippen molar-refractivity contribution in [3.05, 3.63) is 71.0 Å². The molecule has 1 saturated heterocycles. The molecule has 6 nitrogen and oxygen atoms in total. The fourth-order valence-corrected chi connectivity index (χ4v) is 6.02. The zero-order chi connectivity index (χ0) is 21.9. The van der Waals surface area contributed by atoms with Crippen molar-refractivity contribution >= 4 is 39.2 Å². The van der Waals surface area contributed by atoms with Gasteiger partial charge in [-0.2, -0.15) is 0 Å². The van der Waals surface area contributed by atoms with E-state index < -0.39 is 0 Å². The summed E-state index contributed by atoms with van der Waals surface area (Å²) in [7, 11) is 1.97. The third-order valence-electron chi connectivity index (χ3n) is 5.89. The Hall–Kier alpha value is -2.71. The van der Waals surface area contributed by atoms with Gasteiger partial charge in [0.2, 0.25) is 5.91 Å². The maximum Gasteiger partial charge on any atom is 0.233 e. The molecule has 8 heteroatoms. The molecule has 0 aliphatic carbocycles. The predicted molar refractivity (Wildman–Crippen MR) is 129 cm³/mol. The minimum absolute atomic E-state index is 0.161. The predicted octanol–water partition coefficient (Wildman–Crippen LogP) is 4.51. The molecule has 1 amide bonds. The van der Waals surface area contributed by atoms with Gasteiger partial charge >= 0.3 is 0 Å². The van der Waals surface area contributed by atoms with Gasteiger partial charge in [0.15, 0.2) is 5.16 Å². The second kappa shape index (κ2) is 9.42. The highest BCUT2D eigenvalue weighted by Gasteiger charge is 2.27. The Balaban J connectivity index is 1.20. The number of hydrogen-bond acceptors (Lipinski definition) is 6. The first kappa shape index (κ1) is 21.2. The highest BCUT2D eigenvalue weighted by atomic mass is 32.2. The van der Waals surface area contributed by atoms with E-state index in [0.717, 1.165) is 53.9 Å². The Morgan fingerprint density at radius 1 is 1.12 bits per heavy atom. The van der Waals surface area contributed by atoms with Crippen molar-refractivity contribution in [1.29, 1.82) is 0 Å². The van der Waals surface area contributed by atoms with Crippen LogP contribution >= 0.6 is 23.1 Å². The molecule has 1 unspecified atom stereocenters. The van der Waals surface area contributed by atoms with Crippen molar-refractivity contribution in [3.8, 4) is 0 Å². The maximum absolute atomic E-state index is 13.0. The van der Waals surface area contributed by atoms with E-state index in [2.05, 4.69) is 40.5 Å². The lowest BCUT2D eigenvalue weighted by Gasteiger charge is -2.31. The number of rotatable bonds is 6. The molecule has 164 valence electrons. The number of thiazole rings is 1. The van der Waals surface area contributed by atoms with E-state index >= 15 is 0 Å². The third-order valence-corrected chi connectivity index (χ3v) is 8.09. The smallest absolute Gasteiger partial charge is 0.233 e. The van der Waals surface area contributed by atoms with Crippen LogP contribution in [0.5, 0.6) is 0 Å². The number of aromatic nitrogens is 4. The number of carbonyl (C=O) groups is 1. The fraction of sp³-hybridized carbons (Fsp3) is 0.333. The third kappa shape index (κ3) is 4.56. The summed E-state index contributed by atoms with van der Waals surface area (Å²) in [5.74, 6) is 1.76. The number of hydrogen-bond donors (Lipinski definition) is 0. The zero-order valence-electron chi connectivity index (χ0n) is 18.0. The van der Waals surface area contributed by atoms with Crippen LogP contribution in [-0.2, 0) is 18.3 Å². The van der Waals surface area contributed by atoms with Crippen molar-refractivity contribution in [3.63, 3.8) is 0 Å². The van der Waals surface area contributed by atoms with Crippen LogP contribution in [0.25, 0.3) is 10.2 Å². The fourth-order valence-electron chi connectivity index (χ4n) is 4.09. The van der Waals surface area contributed by atoms with E-state index in [1.807, 2.05) is 40.8 Å². The number of likely N-dealkylation sites (tertiary alicyclic amines) is 1. The van der Waals surface area contributed by atoms with Crippen molar-refractivity contribution in [2.45, 2.75) is 30.3 Å². The standard InChI is InChI=1S/C24H25N5OS2/c1-28-21(14-17-8-3-2-4-9-17)26-27-24(28)31-16-22(30)29-13-7-10-18(15-29)23-25-19-11-5-6-12-20(19)32-23/h2-6,8-9,11-12,18H,7,10,13-16H2,1H3. The maximum atomic E-state index is 13.0. The summed E-state index contributed by atoms with van der Waals surface area (Å²) in [6.45, 7) is 1.57. The van der Waals surface area contributed by atoms with Crippen LogP contribution in [0.2, 0.25) is 0 Å². The molecule has 4 aromatic rings. The van der Waals surface area contributed by atoms with Crippen LogP contribution in [-0.4, -0.2) is 49.4 Å². The highest BCUT2D eigenvalue weighted by Crippen LogP contribution is 2.33. The van der Waals surface area contributed by atoms with Gasteiger partial charge in [0, 0.05) is 32.5 Å². The largest absolute Gasteiger partial charge is 0.341 e. The lowest BCUT2D eigenvalue weighted by atomic mass is 9.99. The summed E-state index contributed by atoms with van der Waals surface area (Å²) in [5.41, 5.74) is 2.25. The van der Waals surface area contributed by atoms with Gasteiger partial charge in [-0.05, 0) is 30.5 Å². The molecule has 1 atom stereocenters. The molecule has 2 aromatic heterocycles. The molecule has 1 fully saturated rings. The summed E-state index contributed by atoms with van der Waals surface area (Å²) < 4.78 is 3.21. The van der Waals surface area contributed by atoms with Gasteiger partial charge < -0.3 is 9.47 Å². The molecule has 0 saturated carbocycles. The molecule has 3 heterocycles. The molecule has 0 radical (unpaired) electrons. The van der Waals surface area contributed by atoms with E-state index in [0.29, 0.717) is 11.7 Å². The number of fused-ring (bicyclic) bond motifs is 1. The van der Waals surface area contributed by atoms with E-state index in [9.17, 15) is 4.79 Å². The van der Waals surface area contributed by atoms with Crippen molar-refractivity contribution in [1.82, 2.24) is 24.6 Å². The molecule has 2 aromatic carbocycles. The first-order valence-electron chi connectivity index (χ1n) is 10.9. The number of carbonyl (C=O) groups excluding carboxylic acids is 1. The van der Waals surface area contributed by atoms with Crippen molar-refractivity contribution < 1.29 is 4.79 Å². The Kier molecular flexibility index (Phi) is 6.23. The molecular formula is C24H25N5OS2.